The summed E-state index contributed by atoms with van der Waals surface area (Å²) in [4.78, 5) is 34.2. The molecule has 0 unspecified atom stereocenters. The number of rotatable bonds is 5. The zero-order valence-corrected chi connectivity index (χ0v) is 17.6. The summed E-state index contributed by atoms with van der Waals surface area (Å²) in [5.41, 5.74) is 1.32. The topological polar surface area (TPSA) is 60.4 Å². The van der Waals surface area contributed by atoms with Gasteiger partial charge in [0.15, 0.2) is 11.6 Å². The third-order valence-corrected chi connectivity index (χ3v) is 4.84. The Kier molecular flexibility index (Phi) is 7.28. The van der Waals surface area contributed by atoms with Gasteiger partial charge in [0, 0.05) is 11.1 Å². The van der Waals surface area contributed by atoms with Gasteiger partial charge in [-0.3, -0.25) is 14.4 Å². The minimum absolute atomic E-state index is 0.116. The number of Topliss-reactive ketones (excluding diaryl/α,β-unsaturated/α-hetero) is 2. The van der Waals surface area contributed by atoms with Crippen LogP contribution in [-0.2, 0) is 9.53 Å². The molecule has 0 atom stereocenters. The Morgan fingerprint density at radius 2 is 1.16 bits per heavy atom. The van der Waals surface area contributed by atoms with Gasteiger partial charge in [0.1, 0.15) is 6.42 Å². The molecule has 4 heteroatoms. The predicted molar refractivity (Wildman–Crippen MR) is 123 cm³/mol. The maximum atomic E-state index is 11.9. The molecule has 0 amide bonds. The van der Waals surface area contributed by atoms with Crippen LogP contribution in [0.2, 0.25) is 0 Å². The second-order valence-electron chi connectivity index (χ2n) is 7.09. The smallest absolute Gasteiger partial charge is 0.313 e. The summed E-state index contributed by atoms with van der Waals surface area (Å²) >= 11 is 0. The summed E-state index contributed by atoms with van der Waals surface area (Å²) in [7, 11) is 0. The van der Waals surface area contributed by atoms with E-state index >= 15 is 0 Å². The van der Waals surface area contributed by atoms with Gasteiger partial charge in [-0.05, 0) is 47.5 Å². The lowest BCUT2D eigenvalue weighted by Gasteiger charge is -2.03. The maximum Gasteiger partial charge on any atom is 0.313 e. The Hall–Kier alpha value is -3.79. The van der Waals surface area contributed by atoms with E-state index in [4.69, 9.17) is 4.74 Å². The molecule has 4 nitrogen and oxygen atoms in total. The molecular formula is C27H24O4. The average molecular weight is 412 g/mol. The normalized spacial score (nSPS) is 10.3. The van der Waals surface area contributed by atoms with Gasteiger partial charge in [-0.15, -0.1) is 0 Å². The highest BCUT2D eigenvalue weighted by atomic mass is 16.5. The zero-order valence-electron chi connectivity index (χ0n) is 17.6. The van der Waals surface area contributed by atoms with E-state index in [2.05, 4.69) is 0 Å². The van der Waals surface area contributed by atoms with Crippen LogP contribution in [0.25, 0.3) is 21.5 Å². The van der Waals surface area contributed by atoms with Crippen molar-refractivity contribution in [2.45, 2.75) is 20.3 Å². The van der Waals surface area contributed by atoms with Crippen molar-refractivity contribution in [3.8, 4) is 0 Å². The van der Waals surface area contributed by atoms with Gasteiger partial charge in [0.2, 0.25) is 0 Å². The van der Waals surface area contributed by atoms with Crippen molar-refractivity contribution in [2.24, 2.45) is 0 Å². The average Bonchev–Trinajstić information content (AvgIpc) is 2.79. The minimum Gasteiger partial charge on any atom is -0.466 e. The fourth-order valence-electron chi connectivity index (χ4n) is 3.22. The third kappa shape index (κ3) is 5.86. The molecule has 0 aromatic heterocycles. The fourth-order valence-corrected chi connectivity index (χ4v) is 3.22. The van der Waals surface area contributed by atoms with Crippen molar-refractivity contribution in [3.05, 3.63) is 96.1 Å². The summed E-state index contributed by atoms with van der Waals surface area (Å²) in [5.74, 6) is -0.569. The Morgan fingerprint density at radius 3 is 1.68 bits per heavy atom. The van der Waals surface area contributed by atoms with E-state index in [1.165, 1.54) is 5.39 Å². The lowest BCUT2D eigenvalue weighted by molar-refractivity contribution is -0.141. The first-order valence-electron chi connectivity index (χ1n) is 10.2. The molecule has 0 aliphatic heterocycles. The number of benzene rings is 4. The maximum absolute atomic E-state index is 11.9. The van der Waals surface area contributed by atoms with Crippen molar-refractivity contribution in [1.29, 1.82) is 0 Å². The first-order chi connectivity index (χ1) is 15.0. The summed E-state index contributed by atoms with van der Waals surface area (Å²) < 4.78 is 4.76. The van der Waals surface area contributed by atoms with Crippen LogP contribution in [-0.4, -0.2) is 24.1 Å². The number of fused-ring (bicyclic) bond motifs is 2. The summed E-state index contributed by atoms with van der Waals surface area (Å²) in [6, 6.07) is 27.0. The quantitative estimate of drug-likeness (QED) is 0.228. The van der Waals surface area contributed by atoms with E-state index in [1.54, 1.807) is 26.0 Å². The molecule has 0 saturated carbocycles. The highest BCUT2D eigenvalue weighted by molar-refractivity contribution is 6.07. The van der Waals surface area contributed by atoms with Crippen molar-refractivity contribution in [1.82, 2.24) is 0 Å². The van der Waals surface area contributed by atoms with Crippen LogP contribution >= 0.6 is 0 Å². The van der Waals surface area contributed by atoms with Crippen LogP contribution in [0.15, 0.2) is 84.9 Å². The molecule has 0 fully saturated rings. The lowest BCUT2D eigenvalue weighted by Crippen LogP contribution is -2.11. The van der Waals surface area contributed by atoms with E-state index in [0.29, 0.717) is 12.2 Å². The van der Waals surface area contributed by atoms with Crippen LogP contribution in [0.5, 0.6) is 0 Å². The summed E-state index contributed by atoms with van der Waals surface area (Å²) in [6.45, 7) is 3.60. The molecule has 0 saturated heterocycles. The van der Waals surface area contributed by atoms with Gasteiger partial charge in [-0.25, -0.2) is 0 Å². The molecule has 4 aromatic rings. The fraction of sp³-hybridized carbons (Fsp3) is 0.148. The van der Waals surface area contributed by atoms with Crippen molar-refractivity contribution in [3.63, 3.8) is 0 Å². The molecule has 0 aliphatic rings. The number of esters is 1. The molecule has 4 rings (SSSR count). The Bertz CT molecular complexity index is 1240. The summed E-state index contributed by atoms with van der Waals surface area (Å²) in [5, 5.41) is 4.36. The molecule has 0 bridgehead atoms. The van der Waals surface area contributed by atoms with Crippen LogP contribution < -0.4 is 0 Å². The highest BCUT2D eigenvalue weighted by Gasteiger charge is 2.12. The second-order valence-corrected chi connectivity index (χ2v) is 7.09. The number of carbonyl (C=O) groups is 3. The Labute approximate surface area is 181 Å². The second kappa shape index (κ2) is 10.3. The van der Waals surface area contributed by atoms with Crippen LogP contribution in [0.3, 0.4) is 0 Å². The number of ether oxygens (including phenoxy) is 1. The standard InChI is InChI=1S/C15H14O3.C12H10O/c1-2-18-15(17)10-14(16)13-8-7-11-5-3-4-6-12(11)9-13;1-9(13)11-7-6-10-4-2-3-5-12(10)8-11/h3-9H,2,10H2,1H3;2-8H,1H3. The molecule has 0 spiro atoms. The molecular weight excluding hydrogens is 388 g/mol. The van der Waals surface area contributed by atoms with Gasteiger partial charge in [0.25, 0.3) is 0 Å². The van der Waals surface area contributed by atoms with Gasteiger partial charge in [0.05, 0.1) is 6.61 Å². The summed E-state index contributed by atoms with van der Waals surface area (Å²) in [6.07, 6.45) is -0.202. The van der Waals surface area contributed by atoms with Gasteiger partial charge in [-0.2, -0.15) is 0 Å². The molecule has 0 heterocycles. The van der Waals surface area contributed by atoms with Crippen molar-refractivity contribution in [2.75, 3.05) is 6.61 Å². The number of carbonyl (C=O) groups excluding carboxylic acids is 3. The van der Waals surface area contributed by atoms with Crippen molar-refractivity contribution < 1.29 is 19.1 Å². The van der Waals surface area contributed by atoms with E-state index in [9.17, 15) is 14.4 Å². The van der Waals surface area contributed by atoms with E-state index in [-0.39, 0.29) is 18.0 Å². The number of hydrogen-bond donors (Lipinski definition) is 0. The Balaban J connectivity index is 0.000000185. The third-order valence-electron chi connectivity index (χ3n) is 4.84. The van der Waals surface area contributed by atoms with E-state index in [1.807, 2.05) is 72.8 Å². The zero-order chi connectivity index (χ0) is 22.2. The molecule has 31 heavy (non-hydrogen) atoms. The number of hydrogen-bond acceptors (Lipinski definition) is 4. The Morgan fingerprint density at radius 1 is 0.677 bits per heavy atom. The van der Waals surface area contributed by atoms with Gasteiger partial charge >= 0.3 is 5.97 Å². The number of ketones is 2. The van der Waals surface area contributed by atoms with Crippen LogP contribution in [0, 0.1) is 0 Å². The van der Waals surface area contributed by atoms with Crippen LogP contribution in [0.1, 0.15) is 41.0 Å². The molecule has 0 radical (unpaired) electrons. The lowest BCUT2D eigenvalue weighted by atomic mass is 10.0. The highest BCUT2D eigenvalue weighted by Crippen LogP contribution is 2.17. The first-order valence-corrected chi connectivity index (χ1v) is 10.2. The molecule has 156 valence electrons. The SMILES string of the molecule is CC(=O)c1ccc2ccccc2c1.CCOC(=O)CC(=O)c1ccc2ccccc2c1. The van der Waals surface area contributed by atoms with Crippen molar-refractivity contribution >= 4 is 39.1 Å². The van der Waals surface area contributed by atoms with Crippen LogP contribution in [0.4, 0.5) is 0 Å². The van der Waals surface area contributed by atoms with E-state index in [0.717, 1.165) is 21.7 Å². The van der Waals surface area contributed by atoms with Gasteiger partial charge in [-0.1, -0.05) is 72.8 Å². The predicted octanol–water partition coefficient (Wildman–Crippen LogP) is 6.02. The van der Waals surface area contributed by atoms with E-state index < -0.39 is 5.97 Å². The monoisotopic (exact) mass is 412 g/mol. The van der Waals surface area contributed by atoms with Gasteiger partial charge < -0.3 is 4.74 Å². The molecule has 0 N–H and O–H groups in total. The minimum atomic E-state index is -0.476. The molecule has 4 aromatic carbocycles. The first kappa shape index (κ1) is 21.9. The molecule has 0 aliphatic carbocycles. The largest absolute Gasteiger partial charge is 0.466 e.